The van der Waals surface area contributed by atoms with E-state index in [0.29, 0.717) is 5.75 Å². The third-order valence-corrected chi connectivity index (χ3v) is 6.05. The molecule has 170 valence electrons. The standard InChI is InChI=1S/C26H27N3O4/c1-17(20-13-8-11-18-9-4-6-12-21(18)20)27-23(30)16-29-24(31)26(2,28-25(29)32)15-19-10-5-7-14-22(19)33-3/h4-14,17H,15-16H2,1-3H3,(H,27,30)(H,28,32). The van der Waals surface area contributed by atoms with Crippen LogP contribution >= 0.6 is 0 Å². The second kappa shape index (κ2) is 8.94. The predicted molar refractivity (Wildman–Crippen MR) is 126 cm³/mol. The summed E-state index contributed by atoms with van der Waals surface area (Å²) in [5.74, 6) is -0.201. The number of para-hydroxylation sites is 1. The largest absolute Gasteiger partial charge is 0.496 e. The molecular weight excluding hydrogens is 418 g/mol. The first-order valence-corrected chi connectivity index (χ1v) is 10.9. The van der Waals surface area contributed by atoms with Crippen molar-refractivity contribution in [1.29, 1.82) is 0 Å². The molecule has 7 heteroatoms. The van der Waals surface area contributed by atoms with E-state index in [0.717, 1.165) is 26.8 Å². The summed E-state index contributed by atoms with van der Waals surface area (Å²) in [6.07, 6.45) is 0.256. The lowest BCUT2D eigenvalue weighted by Crippen LogP contribution is -2.47. The van der Waals surface area contributed by atoms with Gasteiger partial charge in [0.25, 0.3) is 5.91 Å². The summed E-state index contributed by atoms with van der Waals surface area (Å²) in [5.41, 5.74) is 0.611. The number of carbonyl (C=O) groups excluding carboxylic acids is 3. The highest BCUT2D eigenvalue weighted by Gasteiger charge is 2.48. The average molecular weight is 446 g/mol. The monoisotopic (exact) mass is 445 g/mol. The zero-order valence-electron chi connectivity index (χ0n) is 18.9. The van der Waals surface area contributed by atoms with E-state index in [1.807, 2.05) is 67.6 Å². The van der Waals surface area contributed by atoms with Gasteiger partial charge >= 0.3 is 6.03 Å². The smallest absolute Gasteiger partial charge is 0.325 e. The summed E-state index contributed by atoms with van der Waals surface area (Å²) in [4.78, 5) is 39.5. The van der Waals surface area contributed by atoms with Gasteiger partial charge in [-0.15, -0.1) is 0 Å². The van der Waals surface area contributed by atoms with Crippen LogP contribution < -0.4 is 15.4 Å². The topological polar surface area (TPSA) is 87.7 Å². The van der Waals surface area contributed by atoms with Crippen LogP contribution in [0.4, 0.5) is 4.79 Å². The van der Waals surface area contributed by atoms with Crippen molar-refractivity contribution < 1.29 is 19.1 Å². The Morgan fingerprint density at radius 3 is 2.55 bits per heavy atom. The molecule has 0 saturated carbocycles. The number of methoxy groups -OCH3 is 1. The van der Waals surface area contributed by atoms with Crippen LogP contribution in [0.2, 0.25) is 0 Å². The molecule has 0 radical (unpaired) electrons. The van der Waals surface area contributed by atoms with E-state index in [9.17, 15) is 14.4 Å². The maximum absolute atomic E-state index is 13.1. The van der Waals surface area contributed by atoms with Crippen LogP contribution in [-0.2, 0) is 16.0 Å². The van der Waals surface area contributed by atoms with E-state index >= 15 is 0 Å². The van der Waals surface area contributed by atoms with Crippen LogP contribution in [0, 0.1) is 0 Å². The molecule has 3 aromatic rings. The lowest BCUT2D eigenvalue weighted by atomic mass is 9.92. The maximum atomic E-state index is 13.1. The zero-order valence-corrected chi connectivity index (χ0v) is 18.9. The molecule has 0 bridgehead atoms. The fraction of sp³-hybridized carbons (Fsp3) is 0.269. The van der Waals surface area contributed by atoms with E-state index in [1.54, 1.807) is 20.1 Å². The number of nitrogens with one attached hydrogen (secondary N) is 2. The van der Waals surface area contributed by atoms with Crippen molar-refractivity contribution in [2.45, 2.75) is 31.8 Å². The van der Waals surface area contributed by atoms with Gasteiger partial charge in [0.05, 0.1) is 13.2 Å². The van der Waals surface area contributed by atoms with Crippen LogP contribution in [0.5, 0.6) is 5.75 Å². The van der Waals surface area contributed by atoms with Crippen molar-refractivity contribution in [3.8, 4) is 5.75 Å². The van der Waals surface area contributed by atoms with Gasteiger partial charge in [-0.3, -0.25) is 14.5 Å². The SMILES string of the molecule is COc1ccccc1CC1(C)NC(=O)N(CC(=O)NC(C)c2cccc3ccccc23)C1=O. The van der Waals surface area contributed by atoms with E-state index in [2.05, 4.69) is 10.6 Å². The number of hydrogen-bond donors (Lipinski definition) is 2. The number of urea groups is 1. The third-order valence-electron chi connectivity index (χ3n) is 6.05. The first-order valence-electron chi connectivity index (χ1n) is 10.9. The molecule has 1 aliphatic heterocycles. The van der Waals surface area contributed by atoms with Crippen molar-refractivity contribution >= 4 is 28.6 Å². The Morgan fingerprint density at radius 2 is 1.76 bits per heavy atom. The molecule has 4 amide bonds. The van der Waals surface area contributed by atoms with Crippen molar-refractivity contribution in [3.63, 3.8) is 0 Å². The van der Waals surface area contributed by atoms with Gasteiger partial charge in [-0.25, -0.2) is 4.79 Å². The van der Waals surface area contributed by atoms with Crippen molar-refractivity contribution in [1.82, 2.24) is 15.5 Å². The molecule has 2 atom stereocenters. The molecule has 3 aromatic carbocycles. The summed E-state index contributed by atoms with van der Waals surface area (Å²) in [5, 5.41) is 7.79. The molecular formula is C26H27N3O4. The Labute approximate surface area is 192 Å². The summed E-state index contributed by atoms with van der Waals surface area (Å²) in [6.45, 7) is 3.20. The predicted octanol–water partition coefficient (Wildman–Crippen LogP) is 3.58. The summed E-state index contributed by atoms with van der Waals surface area (Å²) >= 11 is 0. The quantitative estimate of drug-likeness (QED) is 0.544. The lowest BCUT2D eigenvalue weighted by Gasteiger charge is -2.23. The van der Waals surface area contributed by atoms with Crippen LogP contribution in [0.15, 0.2) is 66.7 Å². The van der Waals surface area contributed by atoms with Gasteiger partial charge in [-0.05, 0) is 41.8 Å². The van der Waals surface area contributed by atoms with E-state index in [-0.39, 0.29) is 19.0 Å². The van der Waals surface area contributed by atoms with Crippen molar-refractivity contribution in [3.05, 3.63) is 77.9 Å². The van der Waals surface area contributed by atoms with Gasteiger partial charge in [-0.1, -0.05) is 60.7 Å². The molecule has 2 unspecified atom stereocenters. The van der Waals surface area contributed by atoms with Gasteiger partial charge in [0, 0.05) is 6.42 Å². The summed E-state index contributed by atoms with van der Waals surface area (Å²) < 4.78 is 5.37. The number of imide groups is 1. The first kappa shape index (κ1) is 22.3. The number of hydrogen-bond acceptors (Lipinski definition) is 4. The van der Waals surface area contributed by atoms with Gasteiger partial charge in [0.15, 0.2) is 0 Å². The second-order valence-corrected chi connectivity index (χ2v) is 8.50. The number of amides is 4. The Balaban J connectivity index is 1.46. The second-order valence-electron chi connectivity index (χ2n) is 8.50. The maximum Gasteiger partial charge on any atom is 0.325 e. The van der Waals surface area contributed by atoms with Gasteiger partial charge in [0.1, 0.15) is 17.8 Å². The highest BCUT2D eigenvalue weighted by Crippen LogP contribution is 2.28. The number of ether oxygens (including phenoxy) is 1. The molecule has 33 heavy (non-hydrogen) atoms. The number of rotatable bonds is 7. The average Bonchev–Trinajstić information content (AvgIpc) is 3.01. The van der Waals surface area contributed by atoms with Crippen LogP contribution in [-0.4, -0.2) is 41.9 Å². The highest BCUT2D eigenvalue weighted by molar-refractivity contribution is 6.09. The molecule has 2 N–H and O–H groups in total. The molecule has 4 rings (SSSR count). The van der Waals surface area contributed by atoms with Crippen LogP contribution in [0.25, 0.3) is 10.8 Å². The summed E-state index contributed by atoms with van der Waals surface area (Å²) in [7, 11) is 1.56. The zero-order chi connectivity index (χ0) is 23.6. The number of fused-ring (bicyclic) bond motifs is 1. The molecule has 0 spiro atoms. The molecule has 0 aliphatic carbocycles. The molecule has 1 saturated heterocycles. The van der Waals surface area contributed by atoms with Gasteiger partial charge in [-0.2, -0.15) is 0 Å². The van der Waals surface area contributed by atoms with E-state index in [4.69, 9.17) is 4.74 Å². The molecule has 0 aromatic heterocycles. The molecule has 1 heterocycles. The van der Waals surface area contributed by atoms with E-state index in [1.165, 1.54) is 0 Å². The Bertz CT molecular complexity index is 1220. The molecule has 7 nitrogen and oxygen atoms in total. The Morgan fingerprint density at radius 1 is 1.06 bits per heavy atom. The minimum atomic E-state index is -1.16. The summed E-state index contributed by atoms with van der Waals surface area (Å²) in [6, 6.07) is 20.4. The van der Waals surface area contributed by atoms with Crippen LogP contribution in [0.1, 0.15) is 31.0 Å². The normalized spacial score (nSPS) is 18.8. The molecule has 1 aliphatic rings. The van der Waals surface area contributed by atoms with E-state index < -0.39 is 23.4 Å². The minimum Gasteiger partial charge on any atom is -0.496 e. The number of carbonyl (C=O) groups is 3. The number of benzene rings is 3. The molecule has 1 fully saturated rings. The fourth-order valence-electron chi connectivity index (χ4n) is 4.38. The third kappa shape index (κ3) is 4.39. The van der Waals surface area contributed by atoms with Gasteiger partial charge in [0.2, 0.25) is 5.91 Å². The number of nitrogens with zero attached hydrogens (tertiary/aromatic N) is 1. The first-order chi connectivity index (χ1) is 15.8. The van der Waals surface area contributed by atoms with Crippen LogP contribution in [0.3, 0.4) is 0 Å². The fourth-order valence-corrected chi connectivity index (χ4v) is 4.38. The van der Waals surface area contributed by atoms with Crippen molar-refractivity contribution in [2.24, 2.45) is 0 Å². The van der Waals surface area contributed by atoms with Gasteiger partial charge < -0.3 is 15.4 Å². The Kier molecular flexibility index (Phi) is 6.05. The lowest BCUT2D eigenvalue weighted by molar-refractivity contribution is -0.134. The Hall–Kier alpha value is -3.87. The van der Waals surface area contributed by atoms with Crippen molar-refractivity contribution in [2.75, 3.05) is 13.7 Å². The highest BCUT2D eigenvalue weighted by atomic mass is 16.5. The minimum absolute atomic E-state index is 0.256.